The molecule has 3 aliphatic rings. The minimum Gasteiger partial charge on any atom is -0.486 e. The molecule has 8 heteroatoms. The zero-order valence-corrected chi connectivity index (χ0v) is 19.6. The van der Waals surface area contributed by atoms with Gasteiger partial charge in [-0.05, 0) is 49.8 Å². The third-order valence-electron chi connectivity index (χ3n) is 7.08. The molecule has 2 fully saturated rings. The summed E-state index contributed by atoms with van der Waals surface area (Å²) in [5, 5.41) is 3.06. The Labute approximate surface area is 195 Å². The molecule has 2 aromatic carbocycles. The first-order chi connectivity index (χ1) is 15.9. The summed E-state index contributed by atoms with van der Waals surface area (Å²) in [6.45, 7) is 2.75. The highest BCUT2D eigenvalue weighted by Crippen LogP contribution is 2.44. The maximum absolute atomic E-state index is 13.9. The number of carbonyl (C=O) groups excluding carboxylic acids is 1. The van der Waals surface area contributed by atoms with Crippen molar-refractivity contribution in [3.63, 3.8) is 0 Å². The molecule has 1 aliphatic carbocycles. The first kappa shape index (κ1) is 22.2. The van der Waals surface area contributed by atoms with E-state index >= 15 is 0 Å². The molecule has 1 N–H and O–H groups in total. The molecule has 7 nitrogen and oxygen atoms in total. The van der Waals surface area contributed by atoms with E-state index in [0.717, 1.165) is 31.2 Å². The van der Waals surface area contributed by atoms with Crippen molar-refractivity contribution in [2.75, 3.05) is 13.2 Å². The van der Waals surface area contributed by atoms with Crippen LogP contribution in [0, 0.1) is 5.92 Å². The van der Waals surface area contributed by atoms with Crippen molar-refractivity contribution in [3.05, 3.63) is 54.1 Å². The van der Waals surface area contributed by atoms with Gasteiger partial charge in [0.1, 0.15) is 19.3 Å². The molecule has 1 amide bonds. The molecular formula is C25H30N2O5S. The van der Waals surface area contributed by atoms with E-state index in [4.69, 9.17) is 9.47 Å². The number of amides is 1. The molecule has 0 aromatic heterocycles. The predicted molar refractivity (Wildman–Crippen MR) is 124 cm³/mol. The van der Waals surface area contributed by atoms with Gasteiger partial charge in [0.2, 0.25) is 15.9 Å². The third kappa shape index (κ3) is 4.22. The molecule has 1 saturated carbocycles. The molecule has 2 aliphatic heterocycles. The average Bonchev–Trinajstić information content (AvgIpc) is 3.25. The van der Waals surface area contributed by atoms with E-state index < -0.39 is 16.1 Å². The second-order valence-corrected chi connectivity index (χ2v) is 11.0. The third-order valence-corrected chi connectivity index (χ3v) is 9.01. The van der Waals surface area contributed by atoms with Crippen molar-refractivity contribution >= 4 is 15.9 Å². The van der Waals surface area contributed by atoms with E-state index in [1.807, 2.05) is 37.3 Å². The van der Waals surface area contributed by atoms with Crippen molar-refractivity contribution in [2.45, 2.75) is 62.0 Å². The highest BCUT2D eigenvalue weighted by Gasteiger charge is 2.51. The number of benzene rings is 2. The second-order valence-electron chi connectivity index (χ2n) is 9.14. The van der Waals surface area contributed by atoms with Gasteiger partial charge < -0.3 is 14.8 Å². The Kier molecular flexibility index (Phi) is 6.05. The summed E-state index contributed by atoms with van der Waals surface area (Å²) < 4.78 is 40.5. The first-order valence-corrected chi connectivity index (χ1v) is 13.2. The Bertz CT molecular complexity index is 1120. The van der Waals surface area contributed by atoms with E-state index in [9.17, 15) is 13.2 Å². The van der Waals surface area contributed by atoms with Gasteiger partial charge in [-0.3, -0.25) is 4.79 Å². The van der Waals surface area contributed by atoms with Crippen LogP contribution in [0.1, 0.15) is 50.6 Å². The molecule has 5 rings (SSSR count). The molecule has 4 unspecified atom stereocenters. The number of rotatable bonds is 5. The summed E-state index contributed by atoms with van der Waals surface area (Å²) in [4.78, 5) is 13.6. The van der Waals surface area contributed by atoms with Crippen LogP contribution in [0.3, 0.4) is 0 Å². The average molecular weight is 471 g/mol. The number of nitrogens with zero attached hydrogens (tertiary/aromatic N) is 1. The number of nitrogens with one attached hydrogen (secondary N) is 1. The van der Waals surface area contributed by atoms with Gasteiger partial charge in [-0.1, -0.05) is 43.2 Å². The van der Waals surface area contributed by atoms with Crippen LogP contribution in [0.4, 0.5) is 0 Å². The lowest BCUT2D eigenvalue weighted by atomic mass is 9.85. The Morgan fingerprint density at radius 3 is 2.55 bits per heavy atom. The van der Waals surface area contributed by atoms with Gasteiger partial charge in [-0.2, -0.15) is 4.31 Å². The number of hydrogen-bond donors (Lipinski definition) is 1. The number of hydrogen-bond acceptors (Lipinski definition) is 5. The molecule has 4 atom stereocenters. The summed E-state index contributed by atoms with van der Waals surface area (Å²) in [7, 11) is -3.90. The standard InChI is InChI=1S/C25H30N2O5S/c1-17(18-7-3-2-4-8-18)26-25(28)22-15-19-9-5-6-10-21(19)27(22)33(29,30)20-11-12-23-24(16-20)32-14-13-31-23/h2-4,7-8,11-12,16-17,19,21-22H,5-6,9-10,13-15H2,1H3,(H,26,28). The minimum atomic E-state index is -3.90. The van der Waals surface area contributed by atoms with E-state index in [2.05, 4.69) is 5.32 Å². The highest BCUT2D eigenvalue weighted by atomic mass is 32.2. The van der Waals surface area contributed by atoms with E-state index in [1.54, 1.807) is 12.1 Å². The fourth-order valence-electron chi connectivity index (χ4n) is 5.43. The van der Waals surface area contributed by atoms with Crippen LogP contribution in [0.2, 0.25) is 0 Å². The number of fused-ring (bicyclic) bond motifs is 2. The number of ether oxygens (including phenoxy) is 2. The van der Waals surface area contributed by atoms with Gasteiger partial charge in [0.25, 0.3) is 0 Å². The normalized spacial score (nSPS) is 25.8. The molecule has 33 heavy (non-hydrogen) atoms. The molecule has 1 saturated heterocycles. The Balaban J connectivity index is 1.45. The van der Waals surface area contributed by atoms with Crippen LogP contribution >= 0.6 is 0 Å². The van der Waals surface area contributed by atoms with Gasteiger partial charge >= 0.3 is 0 Å². The molecule has 176 valence electrons. The van der Waals surface area contributed by atoms with E-state index in [-0.39, 0.29) is 28.8 Å². The lowest BCUT2D eigenvalue weighted by molar-refractivity contribution is -0.125. The Morgan fingerprint density at radius 2 is 1.76 bits per heavy atom. The topological polar surface area (TPSA) is 84.9 Å². The van der Waals surface area contributed by atoms with Crippen LogP contribution < -0.4 is 14.8 Å². The molecule has 0 bridgehead atoms. The summed E-state index contributed by atoms with van der Waals surface area (Å²) in [5.41, 5.74) is 0.988. The predicted octanol–water partition coefficient (Wildman–Crippen LogP) is 3.66. The zero-order valence-electron chi connectivity index (χ0n) is 18.8. The van der Waals surface area contributed by atoms with Crippen molar-refractivity contribution in [1.29, 1.82) is 0 Å². The lowest BCUT2D eigenvalue weighted by Crippen LogP contribution is -2.49. The fourth-order valence-corrected chi connectivity index (χ4v) is 7.32. The second kappa shape index (κ2) is 8.99. The minimum absolute atomic E-state index is 0.145. The molecular weight excluding hydrogens is 440 g/mol. The lowest BCUT2D eigenvalue weighted by Gasteiger charge is -2.33. The van der Waals surface area contributed by atoms with E-state index in [0.29, 0.717) is 31.1 Å². The van der Waals surface area contributed by atoms with Crippen molar-refractivity contribution < 1.29 is 22.7 Å². The number of sulfonamides is 1. The summed E-state index contributed by atoms with van der Waals surface area (Å²) in [5.74, 6) is 0.943. The van der Waals surface area contributed by atoms with Gasteiger partial charge in [0.05, 0.1) is 10.9 Å². The largest absolute Gasteiger partial charge is 0.486 e. The molecule has 2 aromatic rings. The monoisotopic (exact) mass is 470 g/mol. The quantitative estimate of drug-likeness (QED) is 0.721. The maximum Gasteiger partial charge on any atom is 0.244 e. The van der Waals surface area contributed by atoms with E-state index in [1.165, 1.54) is 10.4 Å². The SMILES string of the molecule is CC(NC(=O)C1CC2CCCCC2N1S(=O)(=O)c1ccc2c(c1)OCCO2)c1ccccc1. The number of carbonyl (C=O) groups is 1. The van der Waals surface area contributed by atoms with Crippen LogP contribution in [-0.2, 0) is 14.8 Å². The Hall–Kier alpha value is -2.58. The van der Waals surface area contributed by atoms with Crippen LogP contribution in [0.5, 0.6) is 11.5 Å². The summed E-state index contributed by atoms with van der Waals surface area (Å²) >= 11 is 0. The van der Waals surface area contributed by atoms with Crippen LogP contribution in [0.15, 0.2) is 53.4 Å². The van der Waals surface area contributed by atoms with Gasteiger partial charge in [0, 0.05) is 12.1 Å². The van der Waals surface area contributed by atoms with Crippen molar-refractivity contribution in [1.82, 2.24) is 9.62 Å². The molecule has 0 radical (unpaired) electrons. The van der Waals surface area contributed by atoms with Crippen molar-refractivity contribution in [3.8, 4) is 11.5 Å². The summed E-state index contributed by atoms with van der Waals surface area (Å²) in [6.07, 6.45) is 4.35. The van der Waals surface area contributed by atoms with Gasteiger partial charge in [-0.15, -0.1) is 0 Å². The maximum atomic E-state index is 13.9. The fraction of sp³-hybridized carbons (Fsp3) is 0.480. The molecule has 2 heterocycles. The highest BCUT2D eigenvalue weighted by molar-refractivity contribution is 7.89. The Morgan fingerprint density at radius 1 is 1.03 bits per heavy atom. The van der Waals surface area contributed by atoms with Crippen molar-refractivity contribution in [2.24, 2.45) is 5.92 Å². The van der Waals surface area contributed by atoms with Crippen LogP contribution in [-0.4, -0.2) is 43.9 Å². The molecule has 0 spiro atoms. The summed E-state index contributed by atoms with van der Waals surface area (Å²) in [6, 6.07) is 13.4. The first-order valence-electron chi connectivity index (χ1n) is 11.7. The zero-order chi connectivity index (χ0) is 23.0. The van der Waals surface area contributed by atoms with Gasteiger partial charge in [0.15, 0.2) is 11.5 Å². The van der Waals surface area contributed by atoms with Gasteiger partial charge in [-0.25, -0.2) is 8.42 Å². The smallest absolute Gasteiger partial charge is 0.244 e. The van der Waals surface area contributed by atoms with Crippen LogP contribution in [0.25, 0.3) is 0 Å².